The van der Waals surface area contributed by atoms with Crippen molar-refractivity contribution in [1.29, 1.82) is 0 Å². The van der Waals surface area contributed by atoms with E-state index in [-0.39, 0.29) is 35.6 Å². The summed E-state index contributed by atoms with van der Waals surface area (Å²) in [6.45, 7) is 4.40. The zero-order valence-corrected chi connectivity index (χ0v) is 18.7. The lowest BCUT2D eigenvalue weighted by Crippen LogP contribution is -2.30. The fraction of sp³-hybridized carbons (Fsp3) is 0.391. The molecule has 2 aromatic carbocycles. The molecule has 0 spiro atoms. The average Bonchev–Trinajstić information content (AvgIpc) is 3.58. The molecule has 3 N–H and O–H groups in total. The molecular formula is C23H29N3O4S. The largest absolute Gasteiger partial charge is 0.352 e. The van der Waals surface area contributed by atoms with Gasteiger partial charge in [-0.1, -0.05) is 38.1 Å². The van der Waals surface area contributed by atoms with Crippen LogP contribution in [0.15, 0.2) is 53.4 Å². The summed E-state index contributed by atoms with van der Waals surface area (Å²) in [5.74, 6) is 0.224. The number of nitrogens with one attached hydrogen (secondary N) is 3. The van der Waals surface area contributed by atoms with Gasteiger partial charge in [-0.15, -0.1) is 0 Å². The molecule has 0 aromatic heterocycles. The number of hydrogen-bond donors (Lipinski definition) is 3. The summed E-state index contributed by atoms with van der Waals surface area (Å²) in [7, 11) is -3.65. The predicted octanol–water partition coefficient (Wildman–Crippen LogP) is 3.14. The van der Waals surface area contributed by atoms with Crippen LogP contribution in [0.1, 0.15) is 50.2 Å². The Morgan fingerprint density at radius 2 is 1.77 bits per heavy atom. The van der Waals surface area contributed by atoms with Crippen molar-refractivity contribution in [3.05, 3.63) is 59.7 Å². The molecule has 0 heterocycles. The van der Waals surface area contributed by atoms with Gasteiger partial charge in [-0.25, -0.2) is 13.1 Å². The van der Waals surface area contributed by atoms with Crippen LogP contribution in [0.2, 0.25) is 0 Å². The number of hydrogen-bond acceptors (Lipinski definition) is 4. The maximum Gasteiger partial charge on any atom is 0.240 e. The van der Waals surface area contributed by atoms with E-state index in [1.165, 1.54) is 0 Å². The van der Waals surface area contributed by atoms with E-state index in [1.807, 2.05) is 38.1 Å². The number of amides is 2. The number of anilines is 1. The highest BCUT2D eigenvalue weighted by Crippen LogP contribution is 2.30. The van der Waals surface area contributed by atoms with Crippen molar-refractivity contribution in [2.45, 2.75) is 50.5 Å². The van der Waals surface area contributed by atoms with Crippen molar-refractivity contribution in [3.63, 3.8) is 0 Å². The normalized spacial score (nSPS) is 13.8. The highest BCUT2D eigenvalue weighted by atomic mass is 32.2. The fourth-order valence-electron chi connectivity index (χ4n) is 3.05. The molecule has 0 aliphatic heterocycles. The van der Waals surface area contributed by atoms with Gasteiger partial charge in [-0.3, -0.25) is 9.59 Å². The molecule has 2 aromatic rings. The Bertz CT molecular complexity index is 1030. The van der Waals surface area contributed by atoms with Gasteiger partial charge >= 0.3 is 0 Å². The summed E-state index contributed by atoms with van der Waals surface area (Å²) in [4.78, 5) is 24.1. The Labute approximate surface area is 183 Å². The van der Waals surface area contributed by atoms with Gasteiger partial charge in [0.1, 0.15) is 0 Å². The lowest BCUT2D eigenvalue weighted by molar-refractivity contribution is -0.121. The van der Waals surface area contributed by atoms with Crippen LogP contribution in [-0.4, -0.2) is 26.8 Å². The molecule has 0 bridgehead atoms. The van der Waals surface area contributed by atoms with Crippen molar-refractivity contribution in [1.82, 2.24) is 10.0 Å². The molecule has 1 saturated carbocycles. The molecule has 8 heteroatoms. The first kappa shape index (κ1) is 23.0. The Kier molecular flexibility index (Phi) is 7.46. The maximum absolute atomic E-state index is 12.4. The van der Waals surface area contributed by atoms with Gasteiger partial charge in [0.2, 0.25) is 21.8 Å². The quantitative estimate of drug-likeness (QED) is 0.525. The summed E-state index contributed by atoms with van der Waals surface area (Å²) in [6, 6.07) is 14.1. The van der Waals surface area contributed by atoms with Crippen LogP contribution in [0.4, 0.5) is 5.69 Å². The number of benzene rings is 2. The van der Waals surface area contributed by atoms with Crippen LogP contribution in [0.25, 0.3) is 0 Å². The molecule has 1 aliphatic carbocycles. The third kappa shape index (κ3) is 6.90. The lowest BCUT2D eigenvalue weighted by Gasteiger charge is -2.10. The Balaban J connectivity index is 1.43. The molecule has 166 valence electrons. The van der Waals surface area contributed by atoms with Gasteiger partial charge in [-0.2, -0.15) is 0 Å². The second-order valence-corrected chi connectivity index (χ2v) is 9.88. The monoisotopic (exact) mass is 443 g/mol. The zero-order valence-electron chi connectivity index (χ0n) is 17.9. The van der Waals surface area contributed by atoms with Crippen LogP contribution in [0, 0.1) is 5.92 Å². The number of sulfonamides is 1. The van der Waals surface area contributed by atoms with Gasteiger partial charge in [0.15, 0.2) is 0 Å². The molecule has 0 atom stereocenters. The second kappa shape index (κ2) is 10.1. The summed E-state index contributed by atoms with van der Waals surface area (Å²) >= 11 is 0. The van der Waals surface area contributed by atoms with Crippen LogP contribution in [0.5, 0.6) is 0 Å². The molecule has 31 heavy (non-hydrogen) atoms. The van der Waals surface area contributed by atoms with E-state index in [0.717, 1.165) is 24.0 Å². The first-order valence-corrected chi connectivity index (χ1v) is 12.0. The van der Waals surface area contributed by atoms with Crippen LogP contribution in [-0.2, 0) is 26.2 Å². The molecule has 1 aliphatic rings. The fourth-order valence-corrected chi connectivity index (χ4v) is 4.08. The van der Waals surface area contributed by atoms with E-state index in [1.54, 1.807) is 24.3 Å². The number of rotatable bonds is 10. The number of carbonyl (C=O) groups excluding carboxylic acids is 2. The molecule has 0 saturated heterocycles. The number of carbonyl (C=O) groups is 2. The van der Waals surface area contributed by atoms with Crippen LogP contribution in [0.3, 0.4) is 0 Å². The van der Waals surface area contributed by atoms with E-state index in [0.29, 0.717) is 18.2 Å². The van der Waals surface area contributed by atoms with Crippen molar-refractivity contribution in [3.8, 4) is 0 Å². The first-order valence-electron chi connectivity index (χ1n) is 10.5. The zero-order chi connectivity index (χ0) is 22.4. The van der Waals surface area contributed by atoms with Gasteiger partial charge in [0.05, 0.1) is 4.90 Å². The van der Waals surface area contributed by atoms with E-state index in [4.69, 9.17) is 0 Å². The van der Waals surface area contributed by atoms with Crippen LogP contribution < -0.4 is 15.4 Å². The third-order valence-electron chi connectivity index (χ3n) is 5.13. The Morgan fingerprint density at radius 1 is 1.06 bits per heavy atom. The van der Waals surface area contributed by atoms with Crippen molar-refractivity contribution >= 4 is 27.5 Å². The van der Waals surface area contributed by atoms with Gasteiger partial charge < -0.3 is 10.6 Å². The summed E-state index contributed by atoms with van der Waals surface area (Å²) in [5, 5.41) is 5.65. The first-order chi connectivity index (χ1) is 14.7. The molecule has 1 fully saturated rings. The van der Waals surface area contributed by atoms with Gasteiger partial charge in [0.25, 0.3) is 0 Å². The van der Waals surface area contributed by atoms with E-state index in [9.17, 15) is 18.0 Å². The molecule has 2 amide bonds. The Morgan fingerprint density at radius 3 is 2.42 bits per heavy atom. The van der Waals surface area contributed by atoms with Crippen LogP contribution >= 0.6 is 0 Å². The highest BCUT2D eigenvalue weighted by Gasteiger charge is 2.29. The van der Waals surface area contributed by atoms with Gasteiger partial charge in [-0.05, 0) is 54.2 Å². The van der Waals surface area contributed by atoms with Crippen molar-refractivity contribution in [2.75, 3.05) is 11.9 Å². The van der Waals surface area contributed by atoms with Crippen molar-refractivity contribution in [2.24, 2.45) is 5.92 Å². The van der Waals surface area contributed by atoms with E-state index in [2.05, 4.69) is 15.4 Å². The van der Waals surface area contributed by atoms with Gasteiger partial charge in [0, 0.05) is 31.1 Å². The minimum Gasteiger partial charge on any atom is -0.352 e. The minimum atomic E-state index is -3.65. The highest BCUT2D eigenvalue weighted by molar-refractivity contribution is 7.89. The summed E-state index contributed by atoms with van der Waals surface area (Å²) in [5.41, 5.74) is 2.63. The SMILES string of the molecule is CC(C)c1ccc(S(=O)(=O)NCCC(=O)NCc2cccc(NC(=O)C3CC3)c2)cc1. The molecule has 0 unspecified atom stereocenters. The van der Waals surface area contributed by atoms with Crippen molar-refractivity contribution < 1.29 is 18.0 Å². The summed E-state index contributed by atoms with van der Waals surface area (Å²) in [6.07, 6.45) is 1.91. The summed E-state index contributed by atoms with van der Waals surface area (Å²) < 4.78 is 27.2. The standard InChI is InChI=1S/C23H29N3O4S/c1-16(2)18-8-10-21(11-9-18)31(29,30)25-13-12-22(27)24-15-17-4-3-5-20(14-17)26-23(28)19-6-7-19/h3-5,8-11,14,16,19,25H,6-7,12-13,15H2,1-2H3,(H,24,27)(H,26,28). The average molecular weight is 444 g/mol. The third-order valence-corrected chi connectivity index (χ3v) is 6.61. The topological polar surface area (TPSA) is 104 Å². The molecule has 0 radical (unpaired) electrons. The molecular weight excluding hydrogens is 414 g/mol. The molecule has 7 nitrogen and oxygen atoms in total. The van der Waals surface area contributed by atoms with E-state index < -0.39 is 10.0 Å². The smallest absolute Gasteiger partial charge is 0.240 e. The maximum atomic E-state index is 12.4. The minimum absolute atomic E-state index is 0.0115. The second-order valence-electron chi connectivity index (χ2n) is 8.11. The lowest BCUT2D eigenvalue weighted by atomic mass is 10.0. The Hall–Kier alpha value is -2.71. The predicted molar refractivity (Wildman–Crippen MR) is 120 cm³/mol. The molecule has 3 rings (SSSR count). The van der Waals surface area contributed by atoms with E-state index >= 15 is 0 Å².